The number of carboxylic acid groups (broad SMARTS) is 1. The third-order valence-corrected chi connectivity index (χ3v) is 7.81. The largest absolute Gasteiger partial charge is 0.496 e. The number of alkyl carbamates (subject to hydrolysis) is 1. The molecule has 1 fully saturated rings. The van der Waals surface area contributed by atoms with E-state index in [-0.39, 0.29) is 18.9 Å². The van der Waals surface area contributed by atoms with Crippen molar-refractivity contribution in [3.63, 3.8) is 0 Å². The molecular formula is C32H36N2O5. The van der Waals surface area contributed by atoms with Crippen molar-refractivity contribution in [1.82, 2.24) is 10.2 Å². The quantitative estimate of drug-likeness (QED) is 0.376. The molecule has 2 N–H and O–H groups in total. The van der Waals surface area contributed by atoms with Gasteiger partial charge >= 0.3 is 12.1 Å². The van der Waals surface area contributed by atoms with Crippen LogP contribution in [0, 0.1) is 0 Å². The van der Waals surface area contributed by atoms with Gasteiger partial charge in [-0.05, 0) is 59.8 Å². The number of carbonyl (C=O) groups excluding carboxylic acids is 1. The number of hydrogen-bond acceptors (Lipinski definition) is 5. The van der Waals surface area contributed by atoms with Gasteiger partial charge in [-0.3, -0.25) is 4.90 Å². The number of rotatable bonds is 9. The van der Waals surface area contributed by atoms with Crippen molar-refractivity contribution in [3.05, 3.63) is 89.0 Å². The summed E-state index contributed by atoms with van der Waals surface area (Å²) in [7, 11) is 1.65. The van der Waals surface area contributed by atoms with Gasteiger partial charge in [0, 0.05) is 24.4 Å². The standard InChI is InChI=1S/C32H36N2O5/c1-38-30-15-14-22(18-23(30)20-34-16-8-2-3-9-17-34)19-29(31(35)36)33-32(37)39-21-28-26-12-6-4-10-24(26)25-11-5-7-13-27(25)28/h4-7,10-15,18,28-29H,2-3,8-9,16-17,19-21H2,1H3,(H,33,37)(H,35,36). The molecule has 1 aliphatic heterocycles. The van der Waals surface area contributed by atoms with Crippen molar-refractivity contribution in [3.8, 4) is 16.9 Å². The second-order valence-corrected chi connectivity index (χ2v) is 10.4. The van der Waals surface area contributed by atoms with Crippen LogP contribution in [0.2, 0.25) is 0 Å². The predicted molar refractivity (Wildman–Crippen MR) is 150 cm³/mol. The number of ether oxygens (including phenoxy) is 2. The van der Waals surface area contributed by atoms with E-state index < -0.39 is 18.1 Å². The van der Waals surface area contributed by atoms with Crippen molar-refractivity contribution in [2.45, 2.75) is 50.6 Å². The van der Waals surface area contributed by atoms with Gasteiger partial charge in [0.2, 0.25) is 0 Å². The average Bonchev–Trinajstić information content (AvgIpc) is 3.06. The zero-order valence-electron chi connectivity index (χ0n) is 22.4. The van der Waals surface area contributed by atoms with Crippen molar-refractivity contribution in [1.29, 1.82) is 0 Å². The Labute approximate surface area is 229 Å². The van der Waals surface area contributed by atoms with Gasteiger partial charge in [0.25, 0.3) is 0 Å². The van der Waals surface area contributed by atoms with Crippen molar-refractivity contribution in [2.75, 3.05) is 26.8 Å². The third kappa shape index (κ3) is 6.25. The van der Waals surface area contributed by atoms with Gasteiger partial charge in [0.1, 0.15) is 18.4 Å². The molecular weight excluding hydrogens is 492 g/mol. The zero-order valence-corrected chi connectivity index (χ0v) is 22.4. The summed E-state index contributed by atoms with van der Waals surface area (Å²) < 4.78 is 11.2. The van der Waals surface area contributed by atoms with Gasteiger partial charge in [0.05, 0.1) is 7.11 Å². The maximum absolute atomic E-state index is 12.8. The summed E-state index contributed by atoms with van der Waals surface area (Å²) in [5.41, 5.74) is 6.35. The molecule has 5 rings (SSSR count). The van der Waals surface area contributed by atoms with E-state index in [1.54, 1.807) is 7.11 Å². The number of amides is 1. The van der Waals surface area contributed by atoms with Gasteiger partial charge < -0.3 is 19.9 Å². The molecule has 0 saturated carbocycles. The molecule has 7 heteroatoms. The fourth-order valence-corrected chi connectivity index (χ4v) is 5.84. The Balaban J connectivity index is 1.23. The minimum atomic E-state index is -1.11. The highest BCUT2D eigenvalue weighted by Gasteiger charge is 2.30. The Morgan fingerprint density at radius 1 is 0.949 bits per heavy atom. The van der Waals surface area contributed by atoms with E-state index in [0.717, 1.165) is 58.8 Å². The highest BCUT2D eigenvalue weighted by atomic mass is 16.5. The van der Waals surface area contributed by atoms with Crippen molar-refractivity contribution >= 4 is 12.1 Å². The van der Waals surface area contributed by atoms with Crippen LogP contribution >= 0.6 is 0 Å². The first-order chi connectivity index (χ1) is 19.0. The number of benzene rings is 3. The number of carboxylic acids is 1. The number of likely N-dealkylation sites (tertiary alicyclic amines) is 1. The Bertz CT molecular complexity index is 1270. The molecule has 1 aliphatic carbocycles. The molecule has 0 radical (unpaired) electrons. The SMILES string of the molecule is COc1ccc(CC(NC(=O)OCC2c3ccccc3-c3ccccc32)C(=O)O)cc1CN1CCCCCC1. The van der Waals surface area contributed by atoms with E-state index in [1.807, 2.05) is 54.6 Å². The van der Waals surface area contributed by atoms with Crippen LogP contribution in [-0.2, 0) is 22.5 Å². The number of fused-ring (bicyclic) bond motifs is 3. The molecule has 3 aromatic carbocycles. The highest BCUT2D eigenvalue weighted by Crippen LogP contribution is 2.44. The smallest absolute Gasteiger partial charge is 0.407 e. The van der Waals surface area contributed by atoms with Gasteiger partial charge in [-0.15, -0.1) is 0 Å². The van der Waals surface area contributed by atoms with Crippen LogP contribution in [0.4, 0.5) is 4.79 Å². The summed E-state index contributed by atoms with van der Waals surface area (Å²) in [5, 5.41) is 12.5. The first-order valence-electron chi connectivity index (χ1n) is 13.8. The van der Waals surface area contributed by atoms with E-state index in [1.165, 1.54) is 25.7 Å². The van der Waals surface area contributed by atoms with E-state index in [2.05, 4.69) is 22.3 Å². The van der Waals surface area contributed by atoms with Crippen LogP contribution in [0.1, 0.15) is 53.9 Å². The second kappa shape index (κ2) is 12.3. The summed E-state index contributed by atoms with van der Waals surface area (Å²) in [4.78, 5) is 27.3. The first kappa shape index (κ1) is 26.8. The maximum atomic E-state index is 12.8. The van der Waals surface area contributed by atoms with Crippen LogP contribution in [-0.4, -0.2) is 54.9 Å². The molecule has 0 aromatic heterocycles. The zero-order chi connectivity index (χ0) is 27.2. The lowest BCUT2D eigenvalue weighted by Gasteiger charge is -2.22. The number of methoxy groups -OCH3 is 1. The molecule has 0 bridgehead atoms. The fraction of sp³-hybridized carbons (Fsp3) is 0.375. The molecule has 1 saturated heterocycles. The van der Waals surface area contributed by atoms with Crippen LogP contribution < -0.4 is 10.1 Å². The summed E-state index contributed by atoms with van der Waals surface area (Å²) in [6.07, 6.45) is 4.31. The van der Waals surface area contributed by atoms with Crippen LogP contribution in [0.3, 0.4) is 0 Å². The Hall–Kier alpha value is -3.84. The van der Waals surface area contributed by atoms with Crippen LogP contribution in [0.15, 0.2) is 66.7 Å². The lowest BCUT2D eigenvalue weighted by atomic mass is 9.98. The molecule has 2 aliphatic rings. The van der Waals surface area contributed by atoms with E-state index in [4.69, 9.17) is 9.47 Å². The number of carbonyl (C=O) groups is 2. The Morgan fingerprint density at radius 2 is 1.59 bits per heavy atom. The van der Waals surface area contributed by atoms with Gasteiger partial charge in [-0.1, -0.05) is 73.5 Å². The van der Waals surface area contributed by atoms with Crippen molar-refractivity contribution < 1.29 is 24.2 Å². The van der Waals surface area contributed by atoms with Gasteiger partial charge in [0.15, 0.2) is 0 Å². The second-order valence-electron chi connectivity index (χ2n) is 10.4. The molecule has 1 unspecified atom stereocenters. The number of nitrogens with zero attached hydrogens (tertiary/aromatic N) is 1. The van der Waals surface area contributed by atoms with E-state index in [0.29, 0.717) is 0 Å². The summed E-state index contributed by atoms with van der Waals surface area (Å²) in [6.45, 7) is 2.99. The topological polar surface area (TPSA) is 88.1 Å². The maximum Gasteiger partial charge on any atom is 0.407 e. The Morgan fingerprint density at radius 3 is 2.21 bits per heavy atom. The van der Waals surface area contributed by atoms with Crippen LogP contribution in [0.5, 0.6) is 5.75 Å². The summed E-state index contributed by atoms with van der Waals surface area (Å²) in [5.74, 6) is -0.401. The molecule has 204 valence electrons. The van der Waals surface area contributed by atoms with Crippen LogP contribution in [0.25, 0.3) is 11.1 Å². The minimum absolute atomic E-state index is 0.0884. The first-order valence-corrected chi connectivity index (χ1v) is 13.8. The molecule has 1 heterocycles. The Kier molecular flexibility index (Phi) is 8.47. The molecule has 7 nitrogen and oxygen atoms in total. The number of nitrogens with one attached hydrogen (secondary N) is 1. The van der Waals surface area contributed by atoms with E-state index in [9.17, 15) is 14.7 Å². The lowest BCUT2D eigenvalue weighted by Crippen LogP contribution is -2.43. The minimum Gasteiger partial charge on any atom is -0.496 e. The van der Waals surface area contributed by atoms with Gasteiger partial charge in [-0.2, -0.15) is 0 Å². The third-order valence-electron chi connectivity index (χ3n) is 7.81. The molecule has 1 atom stereocenters. The summed E-state index contributed by atoms with van der Waals surface area (Å²) >= 11 is 0. The molecule has 1 amide bonds. The van der Waals surface area contributed by atoms with Gasteiger partial charge in [-0.25, -0.2) is 9.59 Å². The normalized spacial score (nSPS) is 16.0. The average molecular weight is 529 g/mol. The fourth-order valence-electron chi connectivity index (χ4n) is 5.84. The predicted octanol–water partition coefficient (Wildman–Crippen LogP) is 5.61. The monoisotopic (exact) mass is 528 g/mol. The molecule has 3 aromatic rings. The number of hydrogen-bond donors (Lipinski definition) is 2. The molecule has 39 heavy (non-hydrogen) atoms. The lowest BCUT2D eigenvalue weighted by molar-refractivity contribution is -0.139. The number of aliphatic carboxylic acids is 1. The molecule has 0 spiro atoms. The van der Waals surface area contributed by atoms with E-state index >= 15 is 0 Å². The van der Waals surface area contributed by atoms with Crippen molar-refractivity contribution in [2.24, 2.45) is 0 Å². The highest BCUT2D eigenvalue weighted by molar-refractivity contribution is 5.81. The summed E-state index contributed by atoms with van der Waals surface area (Å²) in [6, 6.07) is 20.8.